The van der Waals surface area contributed by atoms with E-state index < -0.39 is 5.97 Å². The summed E-state index contributed by atoms with van der Waals surface area (Å²) in [5.74, 6) is -0.673. The molecule has 3 heteroatoms. The lowest BCUT2D eigenvalue weighted by atomic mass is 9.68. The van der Waals surface area contributed by atoms with Crippen LogP contribution in [0.25, 0.3) is 0 Å². The van der Waals surface area contributed by atoms with Crippen LogP contribution in [0.1, 0.15) is 77.0 Å². The fraction of sp³-hybridized carbons (Fsp3) is 0.944. The molecule has 3 fully saturated rings. The Hall–Kier alpha value is -0.570. The number of likely N-dealkylation sites (tertiary alicyclic amines) is 1. The van der Waals surface area contributed by atoms with Crippen molar-refractivity contribution in [1.29, 1.82) is 0 Å². The van der Waals surface area contributed by atoms with Crippen molar-refractivity contribution in [2.75, 3.05) is 13.1 Å². The number of aliphatic carboxylic acids is 1. The van der Waals surface area contributed by atoms with Crippen molar-refractivity contribution in [2.24, 2.45) is 11.3 Å². The molecule has 0 radical (unpaired) electrons. The summed E-state index contributed by atoms with van der Waals surface area (Å²) in [6.45, 7) is 2.29. The van der Waals surface area contributed by atoms with Gasteiger partial charge in [0.05, 0.1) is 5.92 Å². The minimum Gasteiger partial charge on any atom is -0.481 e. The van der Waals surface area contributed by atoms with Crippen molar-refractivity contribution in [2.45, 2.75) is 83.1 Å². The van der Waals surface area contributed by atoms with Crippen LogP contribution in [0.3, 0.4) is 0 Å². The Morgan fingerprint density at radius 1 is 0.857 bits per heavy atom. The summed E-state index contributed by atoms with van der Waals surface area (Å²) < 4.78 is 0. The van der Waals surface area contributed by atoms with E-state index in [1.807, 2.05) is 0 Å². The summed E-state index contributed by atoms with van der Waals surface area (Å²) in [5, 5.41) is 9.58. The minimum absolute atomic E-state index is 0.118. The number of carboxylic acid groups (broad SMARTS) is 1. The SMILES string of the molecule is O=C(O)C1CCCCCC1N1CCC2(CCCCC2)CC1. The smallest absolute Gasteiger partial charge is 0.308 e. The molecule has 0 amide bonds. The van der Waals surface area contributed by atoms with Crippen molar-refractivity contribution in [1.82, 2.24) is 4.90 Å². The molecule has 2 saturated carbocycles. The number of rotatable bonds is 2. The Morgan fingerprint density at radius 3 is 2.14 bits per heavy atom. The molecule has 120 valence electrons. The highest BCUT2D eigenvalue weighted by atomic mass is 16.4. The van der Waals surface area contributed by atoms with Gasteiger partial charge in [-0.3, -0.25) is 9.69 Å². The Kier molecular flexibility index (Phi) is 4.88. The fourth-order valence-corrected chi connectivity index (χ4v) is 5.14. The number of piperidine rings is 1. The second-order valence-corrected chi connectivity index (χ2v) is 7.75. The molecule has 2 unspecified atom stereocenters. The molecule has 2 atom stereocenters. The molecule has 0 aromatic rings. The fourth-order valence-electron chi connectivity index (χ4n) is 5.14. The lowest BCUT2D eigenvalue weighted by molar-refractivity contribution is -0.145. The first-order valence-electron chi connectivity index (χ1n) is 9.17. The molecular weight excluding hydrogens is 262 g/mol. The maximum atomic E-state index is 11.6. The largest absolute Gasteiger partial charge is 0.481 e. The second kappa shape index (κ2) is 6.68. The number of hydrogen-bond acceptors (Lipinski definition) is 2. The van der Waals surface area contributed by atoms with Crippen molar-refractivity contribution < 1.29 is 9.90 Å². The standard InChI is InChI=1S/C18H31NO2/c20-17(21)15-7-3-1-4-8-16(15)19-13-11-18(12-14-19)9-5-2-6-10-18/h15-16H,1-14H2,(H,20,21). The maximum absolute atomic E-state index is 11.6. The molecular formula is C18H31NO2. The molecule has 1 spiro atoms. The summed E-state index contributed by atoms with van der Waals surface area (Å²) in [6, 6.07) is 0.311. The molecule has 1 heterocycles. The van der Waals surface area contributed by atoms with Gasteiger partial charge in [-0.1, -0.05) is 38.5 Å². The summed E-state index contributed by atoms with van der Waals surface area (Å²) in [5.41, 5.74) is 0.623. The van der Waals surface area contributed by atoms with E-state index in [0.29, 0.717) is 11.5 Å². The highest BCUT2D eigenvalue weighted by molar-refractivity contribution is 5.70. The van der Waals surface area contributed by atoms with Gasteiger partial charge in [-0.2, -0.15) is 0 Å². The third-order valence-corrected chi connectivity index (χ3v) is 6.54. The van der Waals surface area contributed by atoms with Crippen LogP contribution >= 0.6 is 0 Å². The van der Waals surface area contributed by atoms with Gasteiger partial charge in [0.15, 0.2) is 0 Å². The zero-order valence-electron chi connectivity index (χ0n) is 13.4. The first-order valence-corrected chi connectivity index (χ1v) is 9.17. The van der Waals surface area contributed by atoms with Gasteiger partial charge in [0.1, 0.15) is 0 Å². The van der Waals surface area contributed by atoms with Gasteiger partial charge in [-0.25, -0.2) is 0 Å². The summed E-state index contributed by atoms with van der Waals surface area (Å²) in [4.78, 5) is 14.2. The molecule has 21 heavy (non-hydrogen) atoms. The molecule has 3 aliphatic rings. The molecule has 1 N–H and O–H groups in total. The van der Waals surface area contributed by atoms with Crippen LogP contribution in [0.4, 0.5) is 0 Å². The van der Waals surface area contributed by atoms with Crippen molar-refractivity contribution in [3.8, 4) is 0 Å². The summed E-state index contributed by atoms with van der Waals surface area (Å²) in [6.07, 6.45) is 15.3. The lowest BCUT2D eigenvalue weighted by Crippen LogP contribution is -2.49. The first-order chi connectivity index (χ1) is 10.2. The molecule has 3 nitrogen and oxygen atoms in total. The van der Waals surface area contributed by atoms with Crippen molar-refractivity contribution in [3.63, 3.8) is 0 Å². The Labute approximate surface area is 129 Å². The average Bonchev–Trinajstić information content (AvgIpc) is 2.75. The second-order valence-electron chi connectivity index (χ2n) is 7.75. The van der Waals surface area contributed by atoms with Gasteiger partial charge in [0.25, 0.3) is 0 Å². The van der Waals surface area contributed by atoms with Gasteiger partial charge in [0, 0.05) is 6.04 Å². The van der Waals surface area contributed by atoms with Crippen LogP contribution in [-0.2, 0) is 4.79 Å². The normalized spacial score (nSPS) is 34.5. The van der Waals surface area contributed by atoms with Crippen LogP contribution in [0.5, 0.6) is 0 Å². The predicted molar refractivity (Wildman–Crippen MR) is 84.3 cm³/mol. The monoisotopic (exact) mass is 293 g/mol. The Morgan fingerprint density at radius 2 is 1.48 bits per heavy atom. The first kappa shape index (κ1) is 15.3. The van der Waals surface area contributed by atoms with E-state index in [1.165, 1.54) is 57.8 Å². The zero-order chi connectivity index (χ0) is 14.7. The van der Waals surface area contributed by atoms with Gasteiger partial charge in [-0.15, -0.1) is 0 Å². The lowest BCUT2D eigenvalue weighted by Gasteiger charge is -2.47. The molecule has 1 aliphatic heterocycles. The molecule has 0 aromatic carbocycles. The van der Waals surface area contributed by atoms with Crippen LogP contribution in [0.15, 0.2) is 0 Å². The van der Waals surface area contributed by atoms with Crippen molar-refractivity contribution in [3.05, 3.63) is 0 Å². The molecule has 1 saturated heterocycles. The molecule has 0 aromatic heterocycles. The summed E-state index contributed by atoms with van der Waals surface area (Å²) in [7, 11) is 0. The van der Waals surface area contributed by atoms with E-state index in [4.69, 9.17) is 0 Å². The predicted octanol–water partition coefficient (Wildman–Crippen LogP) is 4.07. The number of carbonyl (C=O) groups is 1. The maximum Gasteiger partial charge on any atom is 0.308 e. The number of nitrogens with zero attached hydrogens (tertiary/aromatic N) is 1. The van der Waals surface area contributed by atoms with Crippen LogP contribution in [0, 0.1) is 11.3 Å². The van der Waals surface area contributed by atoms with E-state index in [1.54, 1.807) is 0 Å². The Bertz CT molecular complexity index is 352. The third-order valence-electron chi connectivity index (χ3n) is 6.54. The number of carboxylic acids is 1. The third kappa shape index (κ3) is 3.44. The molecule has 3 rings (SSSR count). The van der Waals surface area contributed by atoms with Gasteiger partial charge in [-0.05, 0) is 57.0 Å². The van der Waals surface area contributed by atoms with Gasteiger partial charge in [0.2, 0.25) is 0 Å². The topological polar surface area (TPSA) is 40.5 Å². The highest BCUT2D eigenvalue weighted by Crippen LogP contribution is 2.45. The average molecular weight is 293 g/mol. The van der Waals surface area contributed by atoms with Gasteiger partial charge >= 0.3 is 5.97 Å². The quantitative estimate of drug-likeness (QED) is 0.780. The number of hydrogen-bond donors (Lipinski definition) is 1. The minimum atomic E-state index is -0.556. The van der Waals surface area contributed by atoms with E-state index in [-0.39, 0.29) is 5.92 Å². The highest BCUT2D eigenvalue weighted by Gasteiger charge is 2.40. The molecule has 2 aliphatic carbocycles. The van der Waals surface area contributed by atoms with E-state index in [2.05, 4.69) is 4.90 Å². The van der Waals surface area contributed by atoms with Crippen molar-refractivity contribution >= 4 is 5.97 Å². The van der Waals surface area contributed by atoms with E-state index >= 15 is 0 Å². The summed E-state index contributed by atoms with van der Waals surface area (Å²) >= 11 is 0. The van der Waals surface area contributed by atoms with Gasteiger partial charge < -0.3 is 5.11 Å². The Balaban J connectivity index is 1.62. The van der Waals surface area contributed by atoms with Crippen LogP contribution < -0.4 is 0 Å². The molecule has 0 bridgehead atoms. The van der Waals surface area contributed by atoms with Crippen LogP contribution in [-0.4, -0.2) is 35.1 Å². The van der Waals surface area contributed by atoms with E-state index in [0.717, 1.165) is 32.4 Å². The van der Waals surface area contributed by atoms with E-state index in [9.17, 15) is 9.90 Å². The zero-order valence-corrected chi connectivity index (χ0v) is 13.4. The van der Waals surface area contributed by atoms with Crippen LogP contribution in [0.2, 0.25) is 0 Å².